The molecule has 0 amide bonds. The average Bonchev–Trinajstić information content (AvgIpc) is 2.53. The third-order valence-corrected chi connectivity index (χ3v) is 4.30. The average molecular weight is 319 g/mol. The molecule has 1 aromatic carbocycles. The smallest absolute Gasteiger partial charge is 0.133 e. The van der Waals surface area contributed by atoms with E-state index in [4.69, 9.17) is 9.97 Å². The van der Waals surface area contributed by atoms with Crippen molar-refractivity contribution in [2.24, 2.45) is 0 Å². The SMILES string of the molecule is CC(C)(C)c1nccc(CC(C)(C)c2ccc3ccccc3n2)n1. The number of fused-ring (bicyclic) bond motifs is 1. The molecule has 0 N–H and O–H groups in total. The van der Waals surface area contributed by atoms with Crippen LogP contribution in [0.25, 0.3) is 10.9 Å². The summed E-state index contributed by atoms with van der Waals surface area (Å²) in [7, 11) is 0. The van der Waals surface area contributed by atoms with Gasteiger partial charge < -0.3 is 0 Å². The Hall–Kier alpha value is -2.29. The van der Waals surface area contributed by atoms with Gasteiger partial charge in [0.15, 0.2) is 0 Å². The van der Waals surface area contributed by atoms with Crippen LogP contribution >= 0.6 is 0 Å². The van der Waals surface area contributed by atoms with Crippen molar-refractivity contribution < 1.29 is 0 Å². The van der Waals surface area contributed by atoms with Crippen LogP contribution in [0.4, 0.5) is 0 Å². The highest BCUT2D eigenvalue weighted by Gasteiger charge is 2.25. The highest BCUT2D eigenvalue weighted by molar-refractivity contribution is 5.78. The molecule has 124 valence electrons. The second-order valence-corrected chi connectivity index (χ2v) is 8.07. The van der Waals surface area contributed by atoms with Crippen LogP contribution in [0, 0.1) is 0 Å². The summed E-state index contributed by atoms with van der Waals surface area (Å²) in [5.41, 5.74) is 3.07. The summed E-state index contributed by atoms with van der Waals surface area (Å²) < 4.78 is 0. The molecule has 2 aromatic heterocycles. The van der Waals surface area contributed by atoms with Gasteiger partial charge in [0.2, 0.25) is 0 Å². The van der Waals surface area contributed by atoms with E-state index in [-0.39, 0.29) is 10.8 Å². The summed E-state index contributed by atoms with van der Waals surface area (Å²) in [6.07, 6.45) is 2.71. The molecular formula is C21H25N3. The van der Waals surface area contributed by atoms with Crippen molar-refractivity contribution in [2.45, 2.75) is 51.9 Å². The van der Waals surface area contributed by atoms with Crippen molar-refractivity contribution in [2.75, 3.05) is 0 Å². The topological polar surface area (TPSA) is 38.7 Å². The molecule has 0 spiro atoms. The highest BCUT2D eigenvalue weighted by Crippen LogP contribution is 2.28. The van der Waals surface area contributed by atoms with Crippen molar-refractivity contribution in [3.63, 3.8) is 0 Å². The molecule has 3 aromatic rings. The largest absolute Gasteiger partial charge is 0.252 e. The van der Waals surface area contributed by atoms with Gasteiger partial charge in [-0.15, -0.1) is 0 Å². The lowest BCUT2D eigenvalue weighted by Gasteiger charge is -2.25. The monoisotopic (exact) mass is 319 g/mol. The number of aromatic nitrogens is 3. The van der Waals surface area contributed by atoms with Gasteiger partial charge >= 0.3 is 0 Å². The number of hydrogen-bond acceptors (Lipinski definition) is 3. The summed E-state index contributed by atoms with van der Waals surface area (Å²) in [6.45, 7) is 10.9. The summed E-state index contributed by atoms with van der Waals surface area (Å²) in [4.78, 5) is 14.1. The summed E-state index contributed by atoms with van der Waals surface area (Å²) in [5.74, 6) is 0.891. The first-order valence-corrected chi connectivity index (χ1v) is 8.44. The Kier molecular flexibility index (Phi) is 4.12. The number of pyridine rings is 1. The maximum Gasteiger partial charge on any atom is 0.133 e. The van der Waals surface area contributed by atoms with E-state index in [1.807, 2.05) is 24.4 Å². The molecule has 0 radical (unpaired) electrons. The van der Waals surface area contributed by atoms with E-state index in [1.54, 1.807) is 0 Å². The number of nitrogens with zero attached hydrogens (tertiary/aromatic N) is 3. The Bertz CT molecular complexity index is 860. The molecule has 0 aliphatic rings. The van der Waals surface area contributed by atoms with Gasteiger partial charge in [-0.1, -0.05) is 58.9 Å². The molecule has 0 bridgehead atoms. The maximum absolute atomic E-state index is 4.87. The van der Waals surface area contributed by atoms with Crippen molar-refractivity contribution in [1.82, 2.24) is 15.0 Å². The standard InChI is InChI=1S/C21H25N3/c1-20(2,3)19-22-13-12-16(23-19)14-21(4,5)18-11-10-15-8-6-7-9-17(15)24-18/h6-13H,14H2,1-5H3. The third kappa shape index (κ3) is 3.45. The van der Waals surface area contributed by atoms with E-state index in [1.165, 1.54) is 5.39 Å². The zero-order valence-corrected chi connectivity index (χ0v) is 15.2. The minimum Gasteiger partial charge on any atom is -0.252 e. The van der Waals surface area contributed by atoms with Crippen molar-refractivity contribution in [1.29, 1.82) is 0 Å². The molecule has 0 aliphatic carbocycles. The van der Waals surface area contributed by atoms with Crippen LogP contribution in [-0.4, -0.2) is 15.0 Å². The molecule has 0 atom stereocenters. The van der Waals surface area contributed by atoms with Gasteiger partial charge in [-0.05, 0) is 18.2 Å². The minimum absolute atomic E-state index is 0.0403. The predicted molar refractivity (Wildman–Crippen MR) is 99.2 cm³/mol. The van der Waals surface area contributed by atoms with Gasteiger partial charge in [0.05, 0.1) is 5.52 Å². The number of hydrogen-bond donors (Lipinski definition) is 0. The van der Waals surface area contributed by atoms with E-state index in [9.17, 15) is 0 Å². The number of para-hydroxylation sites is 1. The van der Waals surface area contributed by atoms with E-state index in [0.717, 1.165) is 29.1 Å². The molecule has 0 saturated carbocycles. The van der Waals surface area contributed by atoms with E-state index < -0.39 is 0 Å². The lowest BCUT2D eigenvalue weighted by atomic mass is 9.83. The van der Waals surface area contributed by atoms with Gasteiger partial charge in [-0.3, -0.25) is 4.98 Å². The quantitative estimate of drug-likeness (QED) is 0.693. The zero-order chi connectivity index (χ0) is 17.4. The molecule has 0 saturated heterocycles. The molecule has 0 fully saturated rings. The van der Waals surface area contributed by atoms with Crippen LogP contribution in [0.15, 0.2) is 48.7 Å². The molecule has 3 rings (SSSR count). The first-order chi connectivity index (χ1) is 11.3. The molecular weight excluding hydrogens is 294 g/mol. The summed E-state index contributed by atoms with van der Waals surface area (Å²) in [5, 5.41) is 1.18. The highest BCUT2D eigenvalue weighted by atomic mass is 14.9. The lowest BCUT2D eigenvalue weighted by Crippen LogP contribution is -2.24. The first kappa shape index (κ1) is 16.6. The Morgan fingerprint density at radius 3 is 2.33 bits per heavy atom. The normalized spacial score (nSPS) is 12.5. The predicted octanol–water partition coefficient (Wildman–Crippen LogP) is 4.84. The molecule has 0 aliphatic heterocycles. The maximum atomic E-state index is 4.87. The van der Waals surface area contributed by atoms with Gasteiger partial charge in [-0.25, -0.2) is 9.97 Å². The number of benzene rings is 1. The van der Waals surface area contributed by atoms with E-state index >= 15 is 0 Å². The van der Waals surface area contributed by atoms with Crippen molar-refractivity contribution >= 4 is 10.9 Å². The third-order valence-electron chi connectivity index (χ3n) is 4.30. The number of rotatable bonds is 3. The Morgan fingerprint density at radius 2 is 1.58 bits per heavy atom. The fourth-order valence-corrected chi connectivity index (χ4v) is 2.84. The fraction of sp³-hybridized carbons (Fsp3) is 0.381. The van der Waals surface area contributed by atoms with Gasteiger partial charge in [0.25, 0.3) is 0 Å². The Labute approximate surface area is 144 Å². The van der Waals surface area contributed by atoms with E-state index in [2.05, 4.69) is 63.9 Å². The Balaban J connectivity index is 1.92. The first-order valence-electron chi connectivity index (χ1n) is 8.44. The molecule has 0 unspecified atom stereocenters. The van der Waals surface area contributed by atoms with Crippen LogP contribution in [0.2, 0.25) is 0 Å². The molecule has 24 heavy (non-hydrogen) atoms. The lowest BCUT2D eigenvalue weighted by molar-refractivity contribution is 0.489. The van der Waals surface area contributed by atoms with Crippen LogP contribution in [0.5, 0.6) is 0 Å². The van der Waals surface area contributed by atoms with Gasteiger partial charge in [-0.2, -0.15) is 0 Å². The van der Waals surface area contributed by atoms with E-state index in [0.29, 0.717) is 0 Å². The molecule has 3 heteroatoms. The van der Waals surface area contributed by atoms with Crippen LogP contribution in [0.1, 0.15) is 51.8 Å². The second-order valence-electron chi connectivity index (χ2n) is 8.07. The molecule has 3 nitrogen and oxygen atoms in total. The van der Waals surface area contributed by atoms with Crippen LogP contribution in [0.3, 0.4) is 0 Å². The van der Waals surface area contributed by atoms with Crippen molar-refractivity contribution in [3.8, 4) is 0 Å². The summed E-state index contributed by atoms with van der Waals surface area (Å²) >= 11 is 0. The van der Waals surface area contributed by atoms with Crippen LogP contribution < -0.4 is 0 Å². The van der Waals surface area contributed by atoms with Gasteiger partial charge in [0, 0.05) is 40.2 Å². The minimum atomic E-state index is -0.0897. The van der Waals surface area contributed by atoms with Crippen LogP contribution in [-0.2, 0) is 17.3 Å². The Morgan fingerprint density at radius 1 is 0.833 bits per heavy atom. The molecule has 2 heterocycles. The fourth-order valence-electron chi connectivity index (χ4n) is 2.84. The second kappa shape index (κ2) is 5.97. The van der Waals surface area contributed by atoms with Gasteiger partial charge in [0.1, 0.15) is 5.82 Å². The van der Waals surface area contributed by atoms with Crippen molar-refractivity contribution in [3.05, 3.63) is 65.9 Å². The summed E-state index contributed by atoms with van der Waals surface area (Å²) in [6, 6.07) is 14.5. The zero-order valence-electron chi connectivity index (χ0n) is 15.2.